The molecule has 1 aromatic carbocycles. The SMILES string of the molecule is Cc1ccc2c(c1)c(=O)n(CCC(=O)O)c(=O)n2C. The Morgan fingerprint density at radius 2 is 2.00 bits per heavy atom. The highest BCUT2D eigenvalue weighted by Crippen LogP contribution is 2.09. The zero-order valence-electron chi connectivity index (χ0n) is 10.7. The van der Waals surface area contributed by atoms with Gasteiger partial charge in [0.1, 0.15) is 0 Å². The first-order valence-electron chi connectivity index (χ1n) is 5.84. The van der Waals surface area contributed by atoms with Crippen LogP contribution in [0.4, 0.5) is 0 Å². The van der Waals surface area contributed by atoms with Crippen molar-refractivity contribution in [3.63, 3.8) is 0 Å². The van der Waals surface area contributed by atoms with Crippen LogP contribution in [0, 0.1) is 6.92 Å². The number of aromatic nitrogens is 2. The number of aryl methyl sites for hydroxylation is 2. The van der Waals surface area contributed by atoms with Crippen LogP contribution in [0.1, 0.15) is 12.0 Å². The molecule has 1 heterocycles. The fourth-order valence-electron chi connectivity index (χ4n) is 2.03. The van der Waals surface area contributed by atoms with Gasteiger partial charge in [-0.1, -0.05) is 11.6 Å². The monoisotopic (exact) mass is 262 g/mol. The third-order valence-electron chi connectivity index (χ3n) is 3.06. The molecule has 0 aliphatic carbocycles. The maximum absolute atomic E-state index is 12.2. The minimum absolute atomic E-state index is 0.120. The van der Waals surface area contributed by atoms with E-state index in [0.717, 1.165) is 10.1 Å². The van der Waals surface area contributed by atoms with Crippen molar-refractivity contribution in [3.05, 3.63) is 44.6 Å². The first-order valence-corrected chi connectivity index (χ1v) is 5.84. The Hall–Kier alpha value is -2.37. The normalized spacial score (nSPS) is 10.8. The molecule has 0 aliphatic rings. The molecule has 2 rings (SSSR count). The van der Waals surface area contributed by atoms with Crippen LogP contribution >= 0.6 is 0 Å². The maximum Gasteiger partial charge on any atom is 0.331 e. The van der Waals surface area contributed by atoms with Gasteiger partial charge in [-0.05, 0) is 19.1 Å². The predicted molar refractivity (Wildman–Crippen MR) is 70.4 cm³/mol. The molecular weight excluding hydrogens is 248 g/mol. The summed E-state index contributed by atoms with van der Waals surface area (Å²) in [6.45, 7) is 1.73. The summed E-state index contributed by atoms with van der Waals surface area (Å²) < 4.78 is 2.33. The summed E-state index contributed by atoms with van der Waals surface area (Å²) in [5.41, 5.74) is 0.519. The van der Waals surface area contributed by atoms with Gasteiger partial charge in [0.15, 0.2) is 0 Å². The van der Waals surface area contributed by atoms with Crippen LogP contribution in [0.15, 0.2) is 27.8 Å². The Balaban J connectivity index is 2.75. The van der Waals surface area contributed by atoms with Gasteiger partial charge >= 0.3 is 11.7 Å². The molecule has 0 bridgehead atoms. The van der Waals surface area contributed by atoms with Crippen molar-refractivity contribution in [2.75, 3.05) is 0 Å². The van der Waals surface area contributed by atoms with E-state index < -0.39 is 17.2 Å². The molecule has 1 N–H and O–H groups in total. The maximum atomic E-state index is 12.2. The number of carboxylic acid groups (broad SMARTS) is 1. The van der Waals surface area contributed by atoms with Crippen molar-refractivity contribution in [1.82, 2.24) is 9.13 Å². The van der Waals surface area contributed by atoms with Gasteiger partial charge in [-0.3, -0.25) is 18.7 Å². The van der Waals surface area contributed by atoms with E-state index in [-0.39, 0.29) is 13.0 Å². The number of benzene rings is 1. The average molecular weight is 262 g/mol. The lowest BCUT2D eigenvalue weighted by Gasteiger charge is -2.10. The molecule has 0 amide bonds. The van der Waals surface area contributed by atoms with E-state index in [4.69, 9.17) is 5.11 Å². The van der Waals surface area contributed by atoms with Crippen molar-refractivity contribution in [2.45, 2.75) is 19.9 Å². The average Bonchev–Trinajstić information content (AvgIpc) is 2.35. The van der Waals surface area contributed by atoms with Crippen LogP contribution in [0.5, 0.6) is 0 Å². The van der Waals surface area contributed by atoms with Crippen LogP contribution in [-0.4, -0.2) is 20.2 Å². The molecule has 6 heteroatoms. The second-order valence-electron chi connectivity index (χ2n) is 4.46. The Labute approximate surface area is 108 Å². The van der Waals surface area contributed by atoms with E-state index in [1.165, 1.54) is 4.57 Å². The van der Waals surface area contributed by atoms with Crippen molar-refractivity contribution in [3.8, 4) is 0 Å². The molecule has 0 saturated carbocycles. The number of rotatable bonds is 3. The largest absolute Gasteiger partial charge is 0.481 e. The number of aliphatic carboxylic acids is 1. The van der Waals surface area contributed by atoms with E-state index >= 15 is 0 Å². The number of carboxylic acids is 1. The van der Waals surface area contributed by atoms with E-state index in [0.29, 0.717) is 10.9 Å². The lowest BCUT2D eigenvalue weighted by Crippen LogP contribution is -2.39. The quantitative estimate of drug-likeness (QED) is 0.872. The molecule has 0 aliphatic heterocycles. The van der Waals surface area contributed by atoms with Gasteiger partial charge in [0.2, 0.25) is 0 Å². The molecular formula is C13H14N2O4. The van der Waals surface area contributed by atoms with E-state index in [2.05, 4.69) is 0 Å². The van der Waals surface area contributed by atoms with Gasteiger partial charge in [0, 0.05) is 13.6 Å². The van der Waals surface area contributed by atoms with E-state index in [1.54, 1.807) is 19.2 Å². The van der Waals surface area contributed by atoms with Crippen molar-refractivity contribution >= 4 is 16.9 Å². The van der Waals surface area contributed by atoms with Crippen molar-refractivity contribution in [1.29, 1.82) is 0 Å². The summed E-state index contributed by atoms with van der Waals surface area (Å²) in [5, 5.41) is 9.08. The molecule has 1 aromatic heterocycles. The molecule has 0 saturated heterocycles. The van der Waals surface area contributed by atoms with Gasteiger partial charge in [0.25, 0.3) is 5.56 Å². The van der Waals surface area contributed by atoms with Crippen LogP contribution in [-0.2, 0) is 18.4 Å². The fraction of sp³-hybridized carbons (Fsp3) is 0.308. The highest BCUT2D eigenvalue weighted by molar-refractivity contribution is 5.78. The predicted octanol–water partition coefficient (Wildman–Crippen LogP) is 0.483. The minimum Gasteiger partial charge on any atom is -0.481 e. The summed E-state index contributed by atoms with van der Waals surface area (Å²) in [6.07, 6.45) is -0.257. The van der Waals surface area contributed by atoms with Gasteiger partial charge in [-0.15, -0.1) is 0 Å². The van der Waals surface area contributed by atoms with E-state index in [1.807, 2.05) is 13.0 Å². The number of nitrogens with zero attached hydrogens (tertiary/aromatic N) is 2. The summed E-state index contributed by atoms with van der Waals surface area (Å²) >= 11 is 0. The Morgan fingerprint density at radius 1 is 1.32 bits per heavy atom. The Morgan fingerprint density at radius 3 is 2.63 bits per heavy atom. The third kappa shape index (κ3) is 2.29. The topological polar surface area (TPSA) is 81.3 Å². The molecule has 0 fully saturated rings. The zero-order valence-corrected chi connectivity index (χ0v) is 10.7. The number of fused-ring (bicyclic) bond motifs is 1. The highest BCUT2D eigenvalue weighted by Gasteiger charge is 2.11. The molecule has 0 atom stereocenters. The number of hydrogen-bond acceptors (Lipinski definition) is 3. The molecule has 100 valence electrons. The molecule has 6 nitrogen and oxygen atoms in total. The summed E-state index contributed by atoms with van der Waals surface area (Å²) in [7, 11) is 1.57. The smallest absolute Gasteiger partial charge is 0.331 e. The standard InChI is InChI=1S/C13H14N2O4/c1-8-3-4-10-9(7-8)12(18)15(6-5-11(16)17)13(19)14(10)2/h3-4,7H,5-6H2,1-2H3,(H,16,17). The first-order chi connectivity index (χ1) is 8.91. The minimum atomic E-state index is -1.04. The number of carbonyl (C=O) groups is 1. The lowest BCUT2D eigenvalue weighted by molar-refractivity contribution is -0.137. The number of hydrogen-bond donors (Lipinski definition) is 1. The molecule has 0 spiro atoms. The zero-order chi connectivity index (χ0) is 14.2. The van der Waals surface area contributed by atoms with E-state index in [9.17, 15) is 14.4 Å². The van der Waals surface area contributed by atoms with Gasteiger partial charge in [-0.25, -0.2) is 4.79 Å². The molecule has 19 heavy (non-hydrogen) atoms. The van der Waals surface area contributed by atoms with Crippen LogP contribution in [0.2, 0.25) is 0 Å². The lowest BCUT2D eigenvalue weighted by atomic mass is 10.1. The Bertz CT molecular complexity index is 771. The second kappa shape index (κ2) is 4.72. The Kier molecular flexibility index (Phi) is 3.25. The second-order valence-corrected chi connectivity index (χ2v) is 4.46. The molecule has 2 aromatic rings. The first kappa shape index (κ1) is 13.1. The van der Waals surface area contributed by atoms with Gasteiger partial charge in [0.05, 0.1) is 17.3 Å². The molecule has 0 unspecified atom stereocenters. The van der Waals surface area contributed by atoms with Crippen molar-refractivity contribution in [2.24, 2.45) is 7.05 Å². The highest BCUT2D eigenvalue weighted by atomic mass is 16.4. The molecule has 0 radical (unpaired) electrons. The van der Waals surface area contributed by atoms with Crippen LogP contribution < -0.4 is 11.2 Å². The van der Waals surface area contributed by atoms with Gasteiger partial charge in [-0.2, -0.15) is 0 Å². The summed E-state index contributed by atoms with van der Waals surface area (Å²) in [4.78, 5) is 34.8. The van der Waals surface area contributed by atoms with Crippen LogP contribution in [0.25, 0.3) is 10.9 Å². The summed E-state index contributed by atoms with van der Waals surface area (Å²) in [5.74, 6) is -1.04. The summed E-state index contributed by atoms with van der Waals surface area (Å²) in [6, 6.07) is 5.24. The van der Waals surface area contributed by atoms with Gasteiger partial charge < -0.3 is 5.11 Å². The van der Waals surface area contributed by atoms with Crippen molar-refractivity contribution < 1.29 is 9.90 Å². The van der Waals surface area contributed by atoms with Crippen LogP contribution in [0.3, 0.4) is 0 Å². The third-order valence-corrected chi connectivity index (χ3v) is 3.06. The fourth-order valence-corrected chi connectivity index (χ4v) is 2.03.